The first kappa shape index (κ1) is 14.8. The maximum Gasteiger partial charge on any atom is 0.106 e. The van der Waals surface area contributed by atoms with Crippen LogP contribution in [-0.4, -0.2) is 4.99 Å². The van der Waals surface area contributed by atoms with Gasteiger partial charge in [-0.1, -0.05) is 55.0 Å². The molecule has 0 amide bonds. The lowest BCUT2D eigenvalue weighted by Crippen LogP contribution is -2.13. The van der Waals surface area contributed by atoms with Crippen LogP contribution in [0.1, 0.15) is 23.6 Å². The third-order valence-corrected chi connectivity index (χ3v) is 3.67. The van der Waals surface area contributed by atoms with Crippen molar-refractivity contribution in [2.75, 3.05) is 5.32 Å². The number of benzene rings is 2. The third-order valence-electron chi connectivity index (χ3n) is 3.22. The van der Waals surface area contributed by atoms with Crippen LogP contribution in [0.4, 0.5) is 5.69 Å². The molecule has 0 saturated heterocycles. The van der Waals surface area contributed by atoms with E-state index in [1.54, 1.807) is 6.07 Å². The summed E-state index contributed by atoms with van der Waals surface area (Å²) in [5.41, 5.74) is 10.0. The minimum absolute atomic E-state index is 0.346. The third kappa shape index (κ3) is 3.50. The van der Waals surface area contributed by atoms with Gasteiger partial charge in [-0.15, -0.1) is 0 Å². The summed E-state index contributed by atoms with van der Waals surface area (Å²) in [6, 6.07) is 13.9. The Kier molecular flexibility index (Phi) is 4.99. The lowest BCUT2D eigenvalue weighted by atomic mass is 10.1. The van der Waals surface area contributed by atoms with E-state index in [9.17, 15) is 0 Å². The zero-order chi connectivity index (χ0) is 14.5. The van der Waals surface area contributed by atoms with E-state index in [-0.39, 0.29) is 0 Å². The number of hydrogen-bond donors (Lipinski definition) is 2. The Bertz CT molecular complexity index is 626. The second-order valence-corrected chi connectivity index (χ2v) is 5.41. The van der Waals surface area contributed by atoms with Gasteiger partial charge in [-0.05, 0) is 35.7 Å². The van der Waals surface area contributed by atoms with Crippen LogP contribution in [0.15, 0.2) is 42.5 Å². The lowest BCUT2D eigenvalue weighted by Gasteiger charge is -2.13. The van der Waals surface area contributed by atoms with E-state index >= 15 is 0 Å². The molecule has 104 valence electrons. The number of halogens is 1. The number of hydrogen-bond acceptors (Lipinski definition) is 2. The topological polar surface area (TPSA) is 38.0 Å². The molecule has 0 saturated carbocycles. The molecule has 0 aliphatic heterocycles. The highest BCUT2D eigenvalue weighted by atomic mass is 35.5. The molecule has 0 unspecified atom stereocenters. The van der Waals surface area contributed by atoms with Crippen molar-refractivity contribution >= 4 is 34.5 Å². The summed E-state index contributed by atoms with van der Waals surface area (Å²) >= 11 is 11.1. The van der Waals surface area contributed by atoms with Gasteiger partial charge >= 0.3 is 0 Å². The Morgan fingerprint density at radius 1 is 1.20 bits per heavy atom. The summed E-state index contributed by atoms with van der Waals surface area (Å²) < 4.78 is 0. The van der Waals surface area contributed by atoms with Gasteiger partial charge in [0, 0.05) is 22.8 Å². The van der Waals surface area contributed by atoms with Crippen molar-refractivity contribution in [3.63, 3.8) is 0 Å². The van der Waals surface area contributed by atoms with Crippen LogP contribution in [0, 0.1) is 0 Å². The monoisotopic (exact) mass is 304 g/mol. The van der Waals surface area contributed by atoms with Gasteiger partial charge in [0.15, 0.2) is 0 Å². The molecular weight excluding hydrogens is 288 g/mol. The van der Waals surface area contributed by atoms with Crippen molar-refractivity contribution in [2.24, 2.45) is 5.73 Å². The molecule has 3 N–H and O–H groups in total. The van der Waals surface area contributed by atoms with E-state index in [0.29, 0.717) is 10.0 Å². The molecule has 0 spiro atoms. The molecule has 0 bridgehead atoms. The molecule has 0 heterocycles. The Hall–Kier alpha value is -1.58. The lowest BCUT2D eigenvalue weighted by molar-refractivity contribution is 1.04. The molecule has 2 aromatic rings. The predicted octanol–water partition coefficient (Wildman–Crippen LogP) is 4.15. The maximum absolute atomic E-state index is 5.98. The molecule has 4 heteroatoms. The fourth-order valence-corrected chi connectivity index (χ4v) is 2.48. The van der Waals surface area contributed by atoms with Crippen molar-refractivity contribution in [1.29, 1.82) is 0 Å². The van der Waals surface area contributed by atoms with E-state index in [1.165, 1.54) is 11.1 Å². The van der Waals surface area contributed by atoms with E-state index in [2.05, 4.69) is 30.4 Å². The Balaban J connectivity index is 2.21. The Labute approximate surface area is 130 Å². The van der Waals surface area contributed by atoms with Crippen LogP contribution in [-0.2, 0) is 13.0 Å². The minimum Gasteiger partial charge on any atom is -0.389 e. The van der Waals surface area contributed by atoms with Gasteiger partial charge in [-0.2, -0.15) is 0 Å². The van der Waals surface area contributed by atoms with Crippen molar-refractivity contribution in [1.82, 2.24) is 0 Å². The van der Waals surface area contributed by atoms with Gasteiger partial charge in [0.1, 0.15) is 4.99 Å². The van der Waals surface area contributed by atoms with Crippen LogP contribution in [0.3, 0.4) is 0 Å². The number of nitrogens with two attached hydrogens (primary N) is 1. The van der Waals surface area contributed by atoms with Crippen LogP contribution in [0.25, 0.3) is 0 Å². The quantitative estimate of drug-likeness (QED) is 0.815. The predicted molar refractivity (Wildman–Crippen MR) is 90.5 cm³/mol. The summed E-state index contributed by atoms with van der Waals surface area (Å²) in [5, 5.41) is 4.02. The highest BCUT2D eigenvalue weighted by molar-refractivity contribution is 7.80. The first-order chi connectivity index (χ1) is 9.61. The summed E-state index contributed by atoms with van der Waals surface area (Å²) in [6.07, 6.45) is 1.01. The zero-order valence-electron chi connectivity index (χ0n) is 11.3. The summed E-state index contributed by atoms with van der Waals surface area (Å²) in [5.74, 6) is 0. The average Bonchev–Trinajstić information content (AvgIpc) is 2.46. The largest absolute Gasteiger partial charge is 0.389 e. The Morgan fingerprint density at radius 2 is 1.90 bits per heavy atom. The van der Waals surface area contributed by atoms with E-state index in [0.717, 1.165) is 24.2 Å². The fraction of sp³-hybridized carbons (Fsp3) is 0.188. The smallest absolute Gasteiger partial charge is 0.106 e. The fourth-order valence-electron chi connectivity index (χ4n) is 2.14. The van der Waals surface area contributed by atoms with Crippen LogP contribution in [0.5, 0.6) is 0 Å². The van der Waals surface area contributed by atoms with Crippen molar-refractivity contribution < 1.29 is 0 Å². The van der Waals surface area contributed by atoms with Gasteiger partial charge in [0.25, 0.3) is 0 Å². The summed E-state index contributed by atoms with van der Waals surface area (Å²) in [4.78, 5) is 0.346. The molecule has 2 aromatic carbocycles. The molecule has 0 aliphatic rings. The molecule has 2 rings (SSSR count). The van der Waals surface area contributed by atoms with E-state index in [1.807, 2.05) is 18.2 Å². The number of anilines is 1. The number of aryl methyl sites for hydroxylation is 1. The van der Waals surface area contributed by atoms with Gasteiger partial charge in [0.2, 0.25) is 0 Å². The second kappa shape index (κ2) is 6.73. The Morgan fingerprint density at radius 3 is 2.55 bits per heavy atom. The molecule has 0 fully saturated rings. The average molecular weight is 305 g/mol. The standard InChI is InChI=1S/C16H17ClN2S/c1-2-11-5-3-4-6-12(11)10-19-15-8-7-13(17)9-14(15)16(18)20/h3-9,19H,2,10H2,1H3,(H2,18,20). The van der Waals surface area contributed by atoms with E-state index < -0.39 is 0 Å². The molecule has 20 heavy (non-hydrogen) atoms. The second-order valence-electron chi connectivity index (χ2n) is 4.53. The van der Waals surface area contributed by atoms with Crippen LogP contribution >= 0.6 is 23.8 Å². The first-order valence-corrected chi connectivity index (χ1v) is 7.30. The molecule has 0 atom stereocenters. The molecule has 2 nitrogen and oxygen atoms in total. The highest BCUT2D eigenvalue weighted by Gasteiger charge is 2.07. The molecule has 0 aliphatic carbocycles. The molecule has 0 aromatic heterocycles. The summed E-state index contributed by atoms with van der Waals surface area (Å²) in [6.45, 7) is 2.89. The van der Waals surface area contributed by atoms with Gasteiger partial charge in [0.05, 0.1) is 0 Å². The van der Waals surface area contributed by atoms with Gasteiger partial charge in [-0.3, -0.25) is 0 Å². The van der Waals surface area contributed by atoms with Crippen molar-refractivity contribution in [2.45, 2.75) is 19.9 Å². The molecular formula is C16H17ClN2S. The van der Waals surface area contributed by atoms with Crippen LogP contribution in [0.2, 0.25) is 5.02 Å². The number of rotatable bonds is 5. The van der Waals surface area contributed by atoms with Crippen molar-refractivity contribution in [3.05, 3.63) is 64.2 Å². The van der Waals surface area contributed by atoms with Crippen molar-refractivity contribution in [3.8, 4) is 0 Å². The van der Waals surface area contributed by atoms with Crippen LogP contribution < -0.4 is 11.1 Å². The van der Waals surface area contributed by atoms with Gasteiger partial charge < -0.3 is 11.1 Å². The SMILES string of the molecule is CCc1ccccc1CNc1ccc(Cl)cc1C(N)=S. The highest BCUT2D eigenvalue weighted by Crippen LogP contribution is 2.22. The maximum atomic E-state index is 5.98. The van der Waals surface area contributed by atoms with E-state index in [4.69, 9.17) is 29.6 Å². The van der Waals surface area contributed by atoms with Gasteiger partial charge in [-0.25, -0.2) is 0 Å². The molecule has 0 radical (unpaired) electrons. The normalized spacial score (nSPS) is 10.3. The summed E-state index contributed by atoms with van der Waals surface area (Å²) in [7, 11) is 0. The minimum atomic E-state index is 0.346. The zero-order valence-corrected chi connectivity index (χ0v) is 12.9. The first-order valence-electron chi connectivity index (χ1n) is 6.51. The number of nitrogens with one attached hydrogen (secondary N) is 1. The number of thiocarbonyl (C=S) groups is 1.